The van der Waals surface area contributed by atoms with E-state index in [0.717, 1.165) is 18.5 Å². The molecule has 0 radical (unpaired) electrons. The minimum atomic E-state index is 0.138. The molecule has 1 aliphatic carbocycles. The summed E-state index contributed by atoms with van der Waals surface area (Å²) in [6, 6.07) is 0. The number of nitrogens with two attached hydrogens (primary N) is 1. The maximum Gasteiger partial charge on any atom is 0.180 e. The third-order valence-electron chi connectivity index (χ3n) is 2.25. The van der Waals surface area contributed by atoms with Gasteiger partial charge in [-0.15, -0.1) is 0 Å². The Balaban J connectivity index is 1.83. The van der Waals surface area contributed by atoms with Crippen molar-refractivity contribution in [2.75, 3.05) is 0 Å². The van der Waals surface area contributed by atoms with E-state index in [9.17, 15) is 0 Å². The van der Waals surface area contributed by atoms with E-state index in [2.05, 4.69) is 4.98 Å². The zero-order valence-electron chi connectivity index (χ0n) is 6.42. The topological polar surface area (TPSA) is 52.0 Å². The Morgan fingerprint density at radius 3 is 3.00 bits per heavy atom. The van der Waals surface area contributed by atoms with Gasteiger partial charge in [0.2, 0.25) is 0 Å². The van der Waals surface area contributed by atoms with E-state index in [0.29, 0.717) is 0 Å². The summed E-state index contributed by atoms with van der Waals surface area (Å²) in [6.45, 7) is 0. The van der Waals surface area contributed by atoms with Gasteiger partial charge >= 0.3 is 0 Å². The molecule has 0 atom stereocenters. The van der Waals surface area contributed by atoms with Crippen molar-refractivity contribution in [2.24, 2.45) is 5.73 Å². The van der Waals surface area contributed by atoms with E-state index in [1.807, 2.05) is 0 Å². The van der Waals surface area contributed by atoms with Gasteiger partial charge in [0.15, 0.2) is 6.39 Å². The summed E-state index contributed by atoms with van der Waals surface area (Å²) in [6.07, 6.45) is 7.49. The molecular formula is C8H12N2O. The van der Waals surface area contributed by atoms with Crippen molar-refractivity contribution >= 4 is 0 Å². The zero-order chi connectivity index (χ0) is 7.73. The second-order valence-electron chi connectivity index (χ2n) is 3.34. The molecule has 3 heteroatoms. The van der Waals surface area contributed by atoms with Crippen LogP contribution in [0, 0.1) is 0 Å². The van der Waals surface area contributed by atoms with Crippen LogP contribution in [0.4, 0.5) is 0 Å². The maximum absolute atomic E-state index is 5.90. The van der Waals surface area contributed by atoms with Crippen LogP contribution in [0.1, 0.15) is 25.0 Å². The molecule has 0 aromatic carbocycles. The van der Waals surface area contributed by atoms with Gasteiger partial charge in [-0.1, -0.05) is 0 Å². The molecule has 2 rings (SSSR count). The molecule has 2 N–H and O–H groups in total. The zero-order valence-corrected chi connectivity index (χ0v) is 6.42. The lowest BCUT2D eigenvalue weighted by Gasteiger charge is -2.04. The minimum absolute atomic E-state index is 0.138. The first-order valence-electron chi connectivity index (χ1n) is 3.94. The van der Waals surface area contributed by atoms with E-state index in [-0.39, 0.29) is 5.54 Å². The van der Waals surface area contributed by atoms with Gasteiger partial charge < -0.3 is 10.2 Å². The summed E-state index contributed by atoms with van der Waals surface area (Å²) in [7, 11) is 0. The highest BCUT2D eigenvalue weighted by Gasteiger charge is 2.37. The SMILES string of the molecule is NC1(CCc2cocn2)CC1. The Labute approximate surface area is 65.6 Å². The van der Waals surface area contributed by atoms with Crippen molar-refractivity contribution in [1.29, 1.82) is 0 Å². The monoisotopic (exact) mass is 152 g/mol. The molecule has 1 fully saturated rings. The lowest BCUT2D eigenvalue weighted by Crippen LogP contribution is -2.22. The number of nitrogens with zero attached hydrogens (tertiary/aromatic N) is 1. The highest BCUT2D eigenvalue weighted by atomic mass is 16.3. The van der Waals surface area contributed by atoms with Gasteiger partial charge in [0.1, 0.15) is 6.26 Å². The van der Waals surface area contributed by atoms with Crippen molar-refractivity contribution in [3.63, 3.8) is 0 Å². The highest BCUT2D eigenvalue weighted by molar-refractivity contribution is 5.02. The first-order chi connectivity index (χ1) is 5.29. The molecule has 1 aromatic heterocycles. The van der Waals surface area contributed by atoms with Gasteiger partial charge in [-0.05, 0) is 25.7 Å². The second-order valence-corrected chi connectivity index (χ2v) is 3.34. The molecule has 0 saturated heterocycles. The fraction of sp³-hybridized carbons (Fsp3) is 0.625. The third kappa shape index (κ3) is 1.60. The van der Waals surface area contributed by atoms with Gasteiger partial charge in [0.05, 0.1) is 5.69 Å². The molecule has 60 valence electrons. The van der Waals surface area contributed by atoms with Crippen molar-refractivity contribution < 1.29 is 4.42 Å². The van der Waals surface area contributed by atoms with E-state index in [1.54, 1.807) is 6.26 Å². The average molecular weight is 152 g/mol. The number of oxazole rings is 1. The van der Waals surface area contributed by atoms with E-state index >= 15 is 0 Å². The first kappa shape index (κ1) is 6.85. The molecule has 11 heavy (non-hydrogen) atoms. The summed E-state index contributed by atoms with van der Waals surface area (Å²) in [5, 5.41) is 0. The van der Waals surface area contributed by atoms with Crippen molar-refractivity contribution in [2.45, 2.75) is 31.2 Å². The fourth-order valence-corrected chi connectivity index (χ4v) is 1.15. The fourth-order valence-electron chi connectivity index (χ4n) is 1.15. The maximum atomic E-state index is 5.90. The van der Waals surface area contributed by atoms with E-state index in [4.69, 9.17) is 10.2 Å². The first-order valence-corrected chi connectivity index (χ1v) is 3.94. The van der Waals surface area contributed by atoms with Gasteiger partial charge in [0, 0.05) is 5.54 Å². The van der Waals surface area contributed by atoms with Gasteiger partial charge in [-0.2, -0.15) is 0 Å². The van der Waals surface area contributed by atoms with Crippen molar-refractivity contribution in [3.05, 3.63) is 18.4 Å². The van der Waals surface area contributed by atoms with Crippen LogP contribution in [0.3, 0.4) is 0 Å². The molecule has 0 unspecified atom stereocenters. The quantitative estimate of drug-likeness (QED) is 0.705. The van der Waals surface area contributed by atoms with Crippen LogP contribution in [0.5, 0.6) is 0 Å². The second kappa shape index (κ2) is 2.34. The number of aromatic nitrogens is 1. The van der Waals surface area contributed by atoms with Gasteiger partial charge in [-0.25, -0.2) is 4.98 Å². The van der Waals surface area contributed by atoms with Crippen LogP contribution in [0.25, 0.3) is 0 Å². The largest absolute Gasteiger partial charge is 0.451 e. The molecule has 0 spiro atoms. The molecule has 1 saturated carbocycles. The summed E-state index contributed by atoms with van der Waals surface area (Å²) in [5.74, 6) is 0. The number of rotatable bonds is 3. The Hall–Kier alpha value is -0.830. The molecule has 1 aliphatic rings. The summed E-state index contributed by atoms with van der Waals surface area (Å²) >= 11 is 0. The van der Waals surface area contributed by atoms with Crippen molar-refractivity contribution in [3.8, 4) is 0 Å². The summed E-state index contributed by atoms with van der Waals surface area (Å²) in [4.78, 5) is 4.02. The van der Waals surface area contributed by atoms with Crippen LogP contribution in [0.2, 0.25) is 0 Å². The Morgan fingerprint density at radius 1 is 1.64 bits per heavy atom. The number of hydrogen-bond donors (Lipinski definition) is 1. The van der Waals surface area contributed by atoms with Crippen LogP contribution in [0.15, 0.2) is 17.1 Å². The molecule has 0 amide bonds. The van der Waals surface area contributed by atoms with E-state index in [1.165, 1.54) is 19.2 Å². The predicted octanol–water partition coefficient (Wildman–Crippen LogP) is 1.10. The number of aryl methyl sites for hydroxylation is 1. The lowest BCUT2D eigenvalue weighted by atomic mass is 10.1. The highest BCUT2D eigenvalue weighted by Crippen LogP contribution is 2.36. The Bertz CT molecular complexity index is 226. The molecule has 0 bridgehead atoms. The van der Waals surface area contributed by atoms with Crippen LogP contribution < -0.4 is 5.73 Å². The smallest absolute Gasteiger partial charge is 0.180 e. The Morgan fingerprint density at radius 2 is 2.45 bits per heavy atom. The normalized spacial score (nSPS) is 20.1. The molecule has 3 nitrogen and oxygen atoms in total. The molecule has 1 heterocycles. The average Bonchev–Trinajstić information content (AvgIpc) is 2.53. The summed E-state index contributed by atoms with van der Waals surface area (Å²) in [5.41, 5.74) is 7.06. The minimum Gasteiger partial charge on any atom is -0.451 e. The van der Waals surface area contributed by atoms with E-state index < -0.39 is 0 Å². The molecule has 0 aliphatic heterocycles. The predicted molar refractivity (Wildman–Crippen MR) is 41.0 cm³/mol. The standard InChI is InChI=1S/C8H12N2O/c9-8(3-4-8)2-1-7-5-11-6-10-7/h5-6H,1-4,9H2. The third-order valence-corrected chi connectivity index (χ3v) is 2.25. The van der Waals surface area contributed by atoms with Gasteiger partial charge in [-0.3, -0.25) is 0 Å². The number of hydrogen-bond acceptors (Lipinski definition) is 3. The van der Waals surface area contributed by atoms with Crippen LogP contribution in [-0.2, 0) is 6.42 Å². The molecule has 1 aromatic rings. The lowest BCUT2D eigenvalue weighted by molar-refractivity contribution is 0.553. The summed E-state index contributed by atoms with van der Waals surface area (Å²) < 4.78 is 4.85. The van der Waals surface area contributed by atoms with Crippen LogP contribution >= 0.6 is 0 Å². The van der Waals surface area contributed by atoms with Gasteiger partial charge in [0.25, 0.3) is 0 Å². The Kier molecular flexibility index (Phi) is 1.46. The van der Waals surface area contributed by atoms with Crippen LogP contribution in [-0.4, -0.2) is 10.5 Å². The molecular weight excluding hydrogens is 140 g/mol. The van der Waals surface area contributed by atoms with Crippen molar-refractivity contribution in [1.82, 2.24) is 4.98 Å².